The number of ether oxygens (including phenoxy) is 1. The van der Waals surface area contributed by atoms with Crippen molar-refractivity contribution in [2.45, 2.75) is 33.0 Å². The van der Waals surface area contributed by atoms with Gasteiger partial charge in [0.15, 0.2) is 0 Å². The molecule has 2 rings (SSSR count). The van der Waals surface area contributed by atoms with Crippen molar-refractivity contribution in [1.82, 2.24) is 4.98 Å². The molecule has 0 spiro atoms. The second-order valence-electron chi connectivity index (χ2n) is 4.79. The SMILES string of the molecule is CC1OC(C)C(C(=O)Nc2ccnc(Cl)c2)C1C. The molecular weight excluding hydrogens is 252 g/mol. The van der Waals surface area contributed by atoms with Crippen LogP contribution >= 0.6 is 11.6 Å². The van der Waals surface area contributed by atoms with Gasteiger partial charge < -0.3 is 10.1 Å². The third-order valence-electron chi connectivity index (χ3n) is 3.54. The first kappa shape index (κ1) is 13.3. The normalized spacial score (nSPS) is 31.3. The van der Waals surface area contributed by atoms with Crippen molar-refractivity contribution in [1.29, 1.82) is 0 Å². The van der Waals surface area contributed by atoms with Gasteiger partial charge in [0.25, 0.3) is 0 Å². The summed E-state index contributed by atoms with van der Waals surface area (Å²) >= 11 is 5.78. The van der Waals surface area contributed by atoms with Crippen LogP contribution in [0.4, 0.5) is 5.69 Å². The Bertz CT molecular complexity index is 452. The van der Waals surface area contributed by atoms with Crippen molar-refractivity contribution in [3.05, 3.63) is 23.5 Å². The monoisotopic (exact) mass is 268 g/mol. The molecule has 2 heterocycles. The molecule has 1 aromatic heterocycles. The average Bonchev–Trinajstić information content (AvgIpc) is 2.53. The summed E-state index contributed by atoms with van der Waals surface area (Å²) in [7, 11) is 0. The van der Waals surface area contributed by atoms with E-state index in [1.807, 2.05) is 20.8 Å². The fourth-order valence-electron chi connectivity index (χ4n) is 2.42. The molecule has 98 valence electrons. The molecule has 4 unspecified atom stereocenters. The molecule has 1 fully saturated rings. The molecule has 4 nitrogen and oxygen atoms in total. The number of halogens is 1. The first-order valence-electron chi connectivity index (χ1n) is 6.07. The number of carbonyl (C=O) groups excluding carboxylic acids is 1. The second-order valence-corrected chi connectivity index (χ2v) is 5.17. The van der Waals surface area contributed by atoms with Crippen LogP contribution in [0.15, 0.2) is 18.3 Å². The number of rotatable bonds is 2. The van der Waals surface area contributed by atoms with Crippen LogP contribution in [0.2, 0.25) is 5.15 Å². The lowest BCUT2D eigenvalue weighted by Crippen LogP contribution is -2.31. The number of hydrogen-bond acceptors (Lipinski definition) is 3. The molecule has 1 aliphatic rings. The first-order valence-corrected chi connectivity index (χ1v) is 6.44. The Morgan fingerprint density at radius 2 is 2.11 bits per heavy atom. The molecule has 1 amide bonds. The van der Waals surface area contributed by atoms with Gasteiger partial charge >= 0.3 is 0 Å². The van der Waals surface area contributed by atoms with Gasteiger partial charge in [0.2, 0.25) is 5.91 Å². The Balaban J connectivity index is 2.08. The molecule has 0 aliphatic carbocycles. The molecule has 1 aliphatic heterocycles. The zero-order chi connectivity index (χ0) is 13.3. The van der Waals surface area contributed by atoms with E-state index in [1.54, 1.807) is 18.3 Å². The van der Waals surface area contributed by atoms with Crippen LogP contribution in [0.1, 0.15) is 20.8 Å². The molecule has 4 atom stereocenters. The highest BCUT2D eigenvalue weighted by Gasteiger charge is 2.41. The van der Waals surface area contributed by atoms with Crippen molar-refractivity contribution in [3.63, 3.8) is 0 Å². The van der Waals surface area contributed by atoms with Crippen LogP contribution in [-0.2, 0) is 9.53 Å². The molecule has 1 N–H and O–H groups in total. The van der Waals surface area contributed by atoms with Gasteiger partial charge in [-0.2, -0.15) is 0 Å². The highest BCUT2D eigenvalue weighted by atomic mass is 35.5. The fraction of sp³-hybridized carbons (Fsp3) is 0.538. The third-order valence-corrected chi connectivity index (χ3v) is 3.75. The van der Waals surface area contributed by atoms with E-state index in [1.165, 1.54) is 0 Å². The van der Waals surface area contributed by atoms with E-state index in [4.69, 9.17) is 16.3 Å². The molecular formula is C13H17ClN2O2. The highest BCUT2D eigenvalue weighted by molar-refractivity contribution is 6.29. The number of anilines is 1. The van der Waals surface area contributed by atoms with E-state index in [2.05, 4.69) is 10.3 Å². The maximum atomic E-state index is 12.2. The van der Waals surface area contributed by atoms with Crippen LogP contribution in [0.5, 0.6) is 0 Å². The zero-order valence-corrected chi connectivity index (χ0v) is 11.4. The molecule has 0 radical (unpaired) electrons. The summed E-state index contributed by atoms with van der Waals surface area (Å²) in [6.45, 7) is 5.97. The van der Waals surface area contributed by atoms with E-state index in [-0.39, 0.29) is 30.0 Å². The molecule has 1 aromatic rings. The van der Waals surface area contributed by atoms with Crippen molar-refractivity contribution in [3.8, 4) is 0 Å². The van der Waals surface area contributed by atoms with Gasteiger partial charge in [0, 0.05) is 11.9 Å². The Kier molecular flexibility index (Phi) is 3.88. The van der Waals surface area contributed by atoms with Gasteiger partial charge in [0.1, 0.15) is 5.15 Å². The quantitative estimate of drug-likeness (QED) is 0.839. The van der Waals surface area contributed by atoms with Crippen molar-refractivity contribution >= 4 is 23.2 Å². The van der Waals surface area contributed by atoms with Gasteiger partial charge in [-0.15, -0.1) is 0 Å². The second kappa shape index (κ2) is 5.24. The molecule has 0 saturated carbocycles. The molecule has 0 aromatic carbocycles. The molecule has 18 heavy (non-hydrogen) atoms. The number of pyridine rings is 1. The molecule has 1 saturated heterocycles. The summed E-state index contributed by atoms with van der Waals surface area (Å²) in [6, 6.07) is 3.35. The predicted molar refractivity (Wildman–Crippen MR) is 70.5 cm³/mol. The summed E-state index contributed by atoms with van der Waals surface area (Å²) < 4.78 is 5.67. The molecule has 5 heteroatoms. The van der Waals surface area contributed by atoms with Crippen LogP contribution in [-0.4, -0.2) is 23.1 Å². The highest BCUT2D eigenvalue weighted by Crippen LogP contribution is 2.33. The number of hydrogen-bond donors (Lipinski definition) is 1. The Hall–Kier alpha value is -1.13. The van der Waals surface area contributed by atoms with Gasteiger partial charge in [-0.25, -0.2) is 4.98 Å². The minimum atomic E-state index is -0.132. The first-order chi connectivity index (χ1) is 8.49. The van der Waals surface area contributed by atoms with Crippen molar-refractivity contribution in [2.75, 3.05) is 5.32 Å². The van der Waals surface area contributed by atoms with Gasteiger partial charge in [-0.05, 0) is 31.9 Å². The van der Waals surface area contributed by atoms with E-state index in [9.17, 15) is 4.79 Å². The van der Waals surface area contributed by atoms with Crippen LogP contribution < -0.4 is 5.32 Å². The van der Waals surface area contributed by atoms with E-state index in [0.29, 0.717) is 10.8 Å². The number of amides is 1. The summed E-state index contributed by atoms with van der Waals surface area (Å²) in [4.78, 5) is 16.1. The smallest absolute Gasteiger partial charge is 0.230 e. The Morgan fingerprint density at radius 3 is 2.67 bits per heavy atom. The number of nitrogens with zero attached hydrogens (tertiary/aromatic N) is 1. The Morgan fingerprint density at radius 1 is 1.39 bits per heavy atom. The summed E-state index contributed by atoms with van der Waals surface area (Å²) in [5.74, 6) is 0.0471. The average molecular weight is 269 g/mol. The summed E-state index contributed by atoms with van der Waals surface area (Å²) in [5, 5.41) is 3.23. The number of nitrogens with one attached hydrogen (secondary N) is 1. The van der Waals surface area contributed by atoms with Crippen molar-refractivity contribution < 1.29 is 9.53 Å². The predicted octanol–water partition coefficient (Wildman–Crippen LogP) is 2.73. The zero-order valence-electron chi connectivity index (χ0n) is 10.7. The maximum absolute atomic E-state index is 12.2. The lowest BCUT2D eigenvalue weighted by atomic mass is 9.89. The summed E-state index contributed by atoms with van der Waals surface area (Å²) in [6.07, 6.45) is 1.61. The molecule has 0 bridgehead atoms. The standard InChI is InChI=1S/C13H17ClN2O2/c1-7-8(2)18-9(3)12(7)13(17)16-10-4-5-15-11(14)6-10/h4-9,12H,1-3H3,(H,15,16,17). The number of carbonyl (C=O) groups is 1. The lowest BCUT2D eigenvalue weighted by molar-refractivity contribution is -0.121. The lowest BCUT2D eigenvalue weighted by Gasteiger charge is -2.17. The van der Waals surface area contributed by atoms with Crippen LogP contribution in [0, 0.1) is 11.8 Å². The minimum absolute atomic E-state index is 0.0263. The largest absolute Gasteiger partial charge is 0.374 e. The van der Waals surface area contributed by atoms with Gasteiger partial charge in [-0.3, -0.25) is 4.79 Å². The van der Waals surface area contributed by atoms with Crippen molar-refractivity contribution in [2.24, 2.45) is 11.8 Å². The van der Waals surface area contributed by atoms with Crippen LogP contribution in [0.3, 0.4) is 0 Å². The topological polar surface area (TPSA) is 51.2 Å². The van der Waals surface area contributed by atoms with E-state index < -0.39 is 0 Å². The van der Waals surface area contributed by atoms with Gasteiger partial charge in [0.05, 0.1) is 18.1 Å². The minimum Gasteiger partial charge on any atom is -0.374 e. The number of aromatic nitrogens is 1. The maximum Gasteiger partial charge on any atom is 0.230 e. The third kappa shape index (κ3) is 2.65. The summed E-state index contributed by atoms with van der Waals surface area (Å²) in [5.41, 5.74) is 0.666. The van der Waals surface area contributed by atoms with E-state index in [0.717, 1.165) is 0 Å². The van der Waals surface area contributed by atoms with Crippen LogP contribution in [0.25, 0.3) is 0 Å². The van der Waals surface area contributed by atoms with Gasteiger partial charge in [-0.1, -0.05) is 18.5 Å². The fourth-order valence-corrected chi connectivity index (χ4v) is 2.60. The van der Waals surface area contributed by atoms with E-state index >= 15 is 0 Å². The Labute approximate surface area is 112 Å².